The van der Waals surface area contributed by atoms with Crippen LogP contribution in [0.1, 0.15) is 5.56 Å². The Morgan fingerprint density at radius 3 is 2.50 bits per heavy atom. The van der Waals surface area contributed by atoms with Crippen molar-refractivity contribution in [2.75, 3.05) is 0 Å². The first-order valence-corrected chi connectivity index (χ1v) is 8.19. The molecular formula is C22H15FO3. The summed E-state index contributed by atoms with van der Waals surface area (Å²) in [4.78, 5) is 12.7. The Bertz CT molecular complexity index is 1120. The third-order valence-electron chi connectivity index (χ3n) is 4.18. The molecule has 0 spiro atoms. The van der Waals surface area contributed by atoms with Crippen LogP contribution in [0, 0.1) is 5.82 Å². The Hall–Kier alpha value is -3.40. The number of rotatable bonds is 4. The van der Waals surface area contributed by atoms with Crippen molar-refractivity contribution >= 4 is 11.0 Å². The fraction of sp³-hybridized carbons (Fsp3) is 0.0455. The standard InChI is InChI=1S/C22H15FO3/c23-20-9-5-4-8-16(20)13-25-17-10-11-18-21(12-17)26-14-19(22(18)24)15-6-2-1-3-7-15/h1-12,14H,13H2. The second-order valence-electron chi connectivity index (χ2n) is 5.88. The Balaban J connectivity index is 1.64. The molecule has 4 heteroatoms. The summed E-state index contributed by atoms with van der Waals surface area (Å²) in [5.41, 5.74) is 2.12. The molecule has 0 fully saturated rings. The number of ether oxygens (including phenoxy) is 1. The van der Waals surface area contributed by atoms with Gasteiger partial charge in [-0.2, -0.15) is 0 Å². The van der Waals surface area contributed by atoms with Crippen LogP contribution in [0.2, 0.25) is 0 Å². The van der Waals surface area contributed by atoms with Gasteiger partial charge in [0.15, 0.2) is 5.43 Å². The first-order chi connectivity index (χ1) is 12.7. The highest BCUT2D eigenvalue weighted by Crippen LogP contribution is 2.23. The van der Waals surface area contributed by atoms with Crippen molar-refractivity contribution in [2.45, 2.75) is 6.61 Å². The van der Waals surface area contributed by atoms with E-state index in [1.165, 1.54) is 12.3 Å². The largest absolute Gasteiger partial charge is 0.489 e. The summed E-state index contributed by atoms with van der Waals surface area (Å²) in [6.07, 6.45) is 1.46. The molecular weight excluding hydrogens is 331 g/mol. The summed E-state index contributed by atoms with van der Waals surface area (Å²) in [5.74, 6) is 0.198. The zero-order chi connectivity index (χ0) is 17.9. The highest BCUT2D eigenvalue weighted by Gasteiger charge is 2.10. The zero-order valence-corrected chi connectivity index (χ0v) is 13.8. The van der Waals surface area contributed by atoms with Crippen LogP contribution in [0.4, 0.5) is 4.39 Å². The van der Waals surface area contributed by atoms with Crippen LogP contribution in [0.25, 0.3) is 22.1 Å². The Labute approximate surface area is 149 Å². The van der Waals surface area contributed by atoms with Crippen molar-refractivity contribution in [2.24, 2.45) is 0 Å². The van der Waals surface area contributed by atoms with Crippen LogP contribution in [-0.4, -0.2) is 0 Å². The minimum absolute atomic E-state index is 0.0990. The zero-order valence-electron chi connectivity index (χ0n) is 13.8. The van der Waals surface area contributed by atoms with Gasteiger partial charge in [-0.25, -0.2) is 4.39 Å². The summed E-state index contributed by atoms with van der Waals surface area (Å²) in [5, 5.41) is 0.476. The Morgan fingerprint density at radius 1 is 0.923 bits per heavy atom. The monoisotopic (exact) mass is 346 g/mol. The lowest BCUT2D eigenvalue weighted by molar-refractivity contribution is 0.300. The van der Waals surface area contributed by atoms with Gasteiger partial charge in [0.2, 0.25) is 0 Å². The molecule has 0 N–H and O–H groups in total. The number of fused-ring (bicyclic) bond motifs is 1. The van der Waals surface area contributed by atoms with Gasteiger partial charge in [-0.1, -0.05) is 48.5 Å². The van der Waals surface area contributed by atoms with E-state index in [-0.39, 0.29) is 17.9 Å². The second-order valence-corrected chi connectivity index (χ2v) is 5.88. The quantitative estimate of drug-likeness (QED) is 0.511. The molecule has 26 heavy (non-hydrogen) atoms. The average Bonchev–Trinajstić information content (AvgIpc) is 2.68. The molecule has 3 nitrogen and oxygen atoms in total. The molecule has 0 saturated carbocycles. The van der Waals surface area contributed by atoms with E-state index in [9.17, 15) is 9.18 Å². The van der Waals surface area contributed by atoms with E-state index in [1.54, 1.807) is 36.4 Å². The summed E-state index contributed by atoms with van der Waals surface area (Å²) < 4.78 is 24.9. The van der Waals surface area contributed by atoms with E-state index >= 15 is 0 Å². The third-order valence-corrected chi connectivity index (χ3v) is 4.18. The molecule has 0 aliphatic carbocycles. The minimum Gasteiger partial charge on any atom is -0.489 e. The van der Waals surface area contributed by atoms with Crippen LogP contribution >= 0.6 is 0 Å². The van der Waals surface area contributed by atoms with Gasteiger partial charge >= 0.3 is 0 Å². The Morgan fingerprint density at radius 2 is 1.69 bits per heavy atom. The summed E-state index contributed by atoms with van der Waals surface area (Å²) >= 11 is 0. The van der Waals surface area contributed by atoms with Crippen LogP contribution in [-0.2, 0) is 6.61 Å². The number of halogens is 1. The smallest absolute Gasteiger partial charge is 0.200 e. The predicted molar refractivity (Wildman–Crippen MR) is 98.7 cm³/mol. The highest BCUT2D eigenvalue weighted by atomic mass is 19.1. The number of hydrogen-bond donors (Lipinski definition) is 0. The van der Waals surface area contributed by atoms with Gasteiger partial charge in [-0.3, -0.25) is 4.79 Å². The molecule has 1 heterocycles. The average molecular weight is 346 g/mol. The molecule has 0 bridgehead atoms. The van der Waals surface area contributed by atoms with Crippen molar-refractivity contribution in [3.8, 4) is 16.9 Å². The maximum atomic E-state index is 13.7. The maximum absolute atomic E-state index is 13.7. The minimum atomic E-state index is -0.313. The topological polar surface area (TPSA) is 39.4 Å². The molecule has 1 aromatic heterocycles. The van der Waals surface area contributed by atoms with E-state index in [0.717, 1.165) is 5.56 Å². The molecule has 0 saturated heterocycles. The normalized spacial score (nSPS) is 10.8. The molecule has 4 rings (SSSR count). The van der Waals surface area contributed by atoms with Crippen molar-refractivity contribution in [3.05, 3.63) is 101 Å². The molecule has 0 radical (unpaired) electrons. The molecule has 0 aliphatic rings. The SMILES string of the molecule is O=c1c(-c2ccccc2)coc2cc(OCc3ccccc3F)ccc12. The first kappa shape index (κ1) is 16.1. The number of hydrogen-bond acceptors (Lipinski definition) is 3. The van der Waals surface area contributed by atoms with E-state index in [4.69, 9.17) is 9.15 Å². The van der Waals surface area contributed by atoms with E-state index in [1.807, 2.05) is 30.3 Å². The van der Waals surface area contributed by atoms with Gasteiger partial charge in [0, 0.05) is 11.6 Å². The molecule has 0 amide bonds. The molecule has 0 atom stereocenters. The van der Waals surface area contributed by atoms with Gasteiger partial charge in [0.25, 0.3) is 0 Å². The van der Waals surface area contributed by atoms with Gasteiger partial charge in [0.1, 0.15) is 30.0 Å². The highest BCUT2D eigenvalue weighted by molar-refractivity contribution is 5.82. The Kier molecular flexibility index (Phi) is 4.23. The number of benzene rings is 3. The van der Waals surface area contributed by atoms with Crippen molar-refractivity contribution in [3.63, 3.8) is 0 Å². The lowest BCUT2D eigenvalue weighted by atomic mass is 10.1. The molecule has 4 aromatic rings. The summed E-state index contributed by atoms with van der Waals surface area (Å²) in [7, 11) is 0. The van der Waals surface area contributed by atoms with Crippen LogP contribution in [0.15, 0.2) is 88.3 Å². The molecule has 0 aliphatic heterocycles. The van der Waals surface area contributed by atoms with Crippen molar-refractivity contribution in [1.29, 1.82) is 0 Å². The van der Waals surface area contributed by atoms with Crippen molar-refractivity contribution in [1.82, 2.24) is 0 Å². The van der Waals surface area contributed by atoms with Gasteiger partial charge in [-0.15, -0.1) is 0 Å². The van der Waals surface area contributed by atoms with Gasteiger partial charge < -0.3 is 9.15 Å². The molecule has 128 valence electrons. The maximum Gasteiger partial charge on any atom is 0.200 e. The summed E-state index contributed by atoms with van der Waals surface area (Å²) in [6.45, 7) is 0.102. The van der Waals surface area contributed by atoms with Crippen LogP contribution < -0.4 is 10.2 Å². The second kappa shape index (κ2) is 6.84. The van der Waals surface area contributed by atoms with Crippen LogP contribution in [0.3, 0.4) is 0 Å². The van der Waals surface area contributed by atoms with Crippen LogP contribution in [0.5, 0.6) is 5.75 Å². The lowest BCUT2D eigenvalue weighted by Gasteiger charge is -2.08. The fourth-order valence-corrected chi connectivity index (χ4v) is 2.79. The third kappa shape index (κ3) is 3.09. The van der Waals surface area contributed by atoms with Gasteiger partial charge in [0.05, 0.1) is 10.9 Å². The molecule has 3 aromatic carbocycles. The van der Waals surface area contributed by atoms with E-state index < -0.39 is 0 Å². The fourth-order valence-electron chi connectivity index (χ4n) is 2.79. The van der Waals surface area contributed by atoms with E-state index in [0.29, 0.717) is 27.8 Å². The molecule has 0 unspecified atom stereocenters. The first-order valence-electron chi connectivity index (χ1n) is 8.19. The lowest BCUT2D eigenvalue weighted by Crippen LogP contribution is -2.05. The van der Waals surface area contributed by atoms with Crippen molar-refractivity contribution < 1.29 is 13.5 Å². The summed E-state index contributed by atoms with van der Waals surface area (Å²) in [6, 6.07) is 20.8. The predicted octanol–water partition coefficient (Wildman–Crippen LogP) is 5.18. The van der Waals surface area contributed by atoms with E-state index in [2.05, 4.69) is 0 Å². The van der Waals surface area contributed by atoms with Gasteiger partial charge in [-0.05, 0) is 23.8 Å².